The van der Waals surface area contributed by atoms with Gasteiger partial charge >= 0.3 is 5.97 Å². The second-order valence-corrected chi connectivity index (χ2v) is 8.04. The summed E-state index contributed by atoms with van der Waals surface area (Å²) in [6.07, 6.45) is 4.83. The minimum absolute atomic E-state index is 0.0804. The van der Waals surface area contributed by atoms with Crippen molar-refractivity contribution >= 4 is 48.9 Å². The van der Waals surface area contributed by atoms with Gasteiger partial charge in [0.25, 0.3) is 0 Å². The molecule has 100 valence electrons. The van der Waals surface area contributed by atoms with Crippen molar-refractivity contribution in [2.24, 2.45) is 26.3 Å². The molecule has 0 fully saturated rings. The van der Waals surface area contributed by atoms with Crippen LogP contribution in [0.4, 0.5) is 0 Å². The maximum Gasteiger partial charge on any atom is 0.304 e. The third-order valence-electron chi connectivity index (χ3n) is 2.77. The van der Waals surface area contributed by atoms with Crippen LogP contribution in [0.15, 0.2) is 20.4 Å². The number of nitrogens with zero attached hydrogens (tertiary/aromatic N) is 4. The molecule has 0 aliphatic carbocycles. The van der Waals surface area contributed by atoms with Crippen molar-refractivity contribution < 1.29 is 9.90 Å². The molecule has 2 heterocycles. The molecule has 1 N–H and O–H groups in total. The molecule has 2 aliphatic heterocycles. The molecule has 18 heavy (non-hydrogen) atoms. The van der Waals surface area contributed by atoms with E-state index in [0.29, 0.717) is 6.42 Å². The standard InChI is InChI=1S/C10H16N4O2S2/c1-17-5-11-13-8(17)3-7(4-9(15)16)10-14-12-6-18(10)2/h5-7,17-18H,3-4H2,1-2H3,(H,15,16). The van der Waals surface area contributed by atoms with Gasteiger partial charge in [0.05, 0.1) is 27.6 Å². The lowest BCUT2D eigenvalue weighted by molar-refractivity contribution is -0.137. The summed E-state index contributed by atoms with van der Waals surface area (Å²) < 4.78 is 0. The van der Waals surface area contributed by atoms with Crippen LogP contribution in [0.1, 0.15) is 12.8 Å². The minimum Gasteiger partial charge on any atom is -0.481 e. The highest BCUT2D eigenvalue weighted by molar-refractivity contribution is 8.40. The van der Waals surface area contributed by atoms with Crippen molar-refractivity contribution in [2.45, 2.75) is 12.8 Å². The van der Waals surface area contributed by atoms with E-state index >= 15 is 0 Å². The molecule has 8 heteroatoms. The van der Waals surface area contributed by atoms with E-state index < -0.39 is 27.8 Å². The minimum atomic E-state index is -0.807. The summed E-state index contributed by atoms with van der Waals surface area (Å²) in [5.41, 5.74) is 3.64. The number of hydrogen-bond donors (Lipinski definition) is 3. The van der Waals surface area contributed by atoms with Crippen molar-refractivity contribution in [3.8, 4) is 0 Å². The van der Waals surface area contributed by atoms with E-state index in [9.17, 15) is 4.79 Å². The molecule has 0 aromatic heterocycles. The fourth-order valence-electron chi connectivity index (χ4n) is 1.84. The van der Waals surface area contributed by atoms with Crippen molar-refractivity contribution in [2.75, 3.05) is 12.5 Å². The number of carboxylic acid groups (broad SMARTS) is 1. The molecular weight excluding hydrogens is 272 g/mol. The second-order valence-electron chi connectivity index (χ2n) is 4.16. The predicted molar refractivity (Wildman–Crippen MR) is 82.0 cm³/mol. The first kappa shape index (κ1) is 13.3. The van der Waals surface area contributed by atoms with Crippen LogP contribution in [0.5, 0.6) is 0 Å². The zero-order chi connectivity index (χ0) is 13.1. The molecule has 3 unspecified atom stereocenters. The largest absolute Gasteiger partial charge is 0.481 e. The molecule has 6 nitrogen and oxygen atoms in total. The zero-order valence-electron chi connectivity index (χ0n) is 10.2. The van der Waals surface area contributed by atoms with Gasteiger partial charge in [-0.05, 0) is 12.5 Å². The zero-order valence-corrected chi connectivity index (χ0v) is 12.0. The summed E-state index contributed by atoms with van der Waals surface area (Å²) >= 11 is 0. The predicted octanol–water partition coefficient (Wildman–Crippen LogP) is 1.44. The van der Waals surface area contributed by atoms with Crippen LogP contribution in [0.3, 0.4) is 0 Å². The maximum atomic E-state index is 11.0. The molecule has 0 aromatic carbocycles. The first-order valence-corrected chi connectivity index (χ1v) is 9.18. The smallest absolute Gasteiger partial charge is 0.304 e. The highest BCUT2D eigenvalue weighted by Crippen LogP contribution is 2.36. The van der Waals surface area contributed by atoms with Gasteiger partial charge in [0, 0.05) is 12.3 Å². The van der Waals surface area contributed by atoms with Crippen LogP contribution < -0.4 is 0 Å². The van der Waals surface area contributed by atoms with Gasteiger partial charge in [0.15, 0.2) is 0 Å². The van der Waals surface area contributed by atoms with E-state index in [0.717, 1.165) is 10.1 Å². The van der Waals surface area contributed by atoms with E-state index in [1.54, 1.807) is 5.55 Å². The molecule has 2 aliphatic rings. The summed E-state index contributed by atoms with van der Waals surface area (Å²) in [5.74, 6) is -0.913. The normalized spacial score (nSPS) is 31.2. The van der Waals surface area contributed by atoms with E-state index in [-0.39, 0.29) is 12.3 Å². The lowest BCUT2D eigenvalue weighted by Gasteiger charge is -2.20. The first-order chi connectivity index (χ1) is 8.58. The molecular formula is C10H16N4O2S2. The van der Waals surface area contributed by atoms with E-state index in [2.05, 4.69) is 26.7 Å². The molecule has 0 spiro atoms. The van der Waals surface area contributed by atoms with Crippen LogP contribution in [-0.4, -0.2) is 44.8 Å². The lowest BCUT2D eigenvalue weighted by atomic mass is 10.0. The van der Waals surface area contributed by atoms with Gasteiger partial charge in [0.2, 0.25) is 0 Å². The average Bonchev–Trinajstić information content (AvgIpc) is 2.87. The number of carbonyl (C=O) groups is 1. The maximum absolute atomic E-state index is 11.0. The molecule has 0 saturated carbocycles. The quantitative estimate of drug-likeness (QED) is 0.669. The van der Waals surface area contributed by atoms with Crippen molar-refractivity contribution in [1.82, 2.24) is 0 Å². The SMILES string of the molecule is C[SH]1C=NN=C1CC(CC(=O)O)C1=NN=C[SH]1C. The van der Waals surface area contributed by atoms with Gasteiger partial charge in [-0.25, -0.2) is 0 Å². The molecule has 0 bridgehead atoms. The number of hydrogen-bond acceptors (Lipinski definition) is 5. The Balaban J connectivity index is 2.09. The average molecular weight is 288 g/mol. The molecule has 0 saturated heterocycles. The Labute approximate surface area is 111 Å². The van der Waals surface area contributed by atoms with E-state index in [1.807, 2.05) is 11.8 Å². The van der Waals surface area contributed by atoms with Gasteiger partial charge in [-0.1, -0.05) is 0 Å². The third kappa shape index (κ3) is 2.99. The molecule has 2 rings (SSSR count). The van der Waals surface area contributed by atoms with Crippen molar-refractivity contribution in [1.29, 1.82) is 0 Å². The number of carboxylic acids is 1. The number of thiol groups is 2. The molecule has 0 amide bonds. The fourth-order valence-corrected chi connectivity index (χ4v) is 4.16. The Kier molecular flexibility index (Phi) is 4.18. The highest BCUT2D eigenvalue weighted by atomic mass is 32.2. The fraction of sp³-hybridized carbons (Fsp3) is 0.500. The summed E-state index contributed by atoms with van der Waals surface area (Å²) in [5, 5.41) is 26.9. The highest BCUT2D eigenvalue weighted by Gasteiger charge is 2.27. The monoisotopic (exact) mass is 288 g/mol. The van der Waals surface area contributed by atoms with Gasteiger partial charge in [0.1, 0.15) is 0 Å². The molecule has 0 radical (unpaired) electrons. The topological polar surface area (TPSA) is 86.7 Å². The first-order valence-electron chi connectivity index (χ1n) is 5.46. The van der Waals surface area contributed by atoms with Crippen molar-refractivity contribution in [3.63, 3.8) is 0 Å². The van der Waals surface area contributed by atoms with E-state index in [1.165, 1.54) is 0 Å². The number of rotatable bonds is 5. The van der Waals surface area contributed by atoms with Gasteiger partial charge in [-0.2, -0.15) is 32.0 Å². The lowest BCUT2D eigenvalue weighted by Crippen LogP contribution is -2.20. The molecule has 3 atom stereocenters. The van der Waals surface area contributed by atoms with Crippen LogP contribution in [0.25, 0.3) is 0 Å². The third-order valence-corrected chi connectivity index (χ3v) is 5.93. The Bertz CT molecular complexity index is 472. The summed E-state index contributed by atoms with van der Waals surface area (Å²) in [6, 6.07) is 0. The van der Waals surface area contributed by atoms with Gasteiger partial charge < -0.3 is 5.11 Å². The summed E-state index contributed by atoms with van der Waals surface area (Å²) in [7, 11) is -0.964. The van der Waals surface area contributed by atoms with Gasteiger partial charge in [-0.15, -0.1) is 10.2 Å². The van der Waals surface area contributed by atoms with Crippen LogP contribution in [0.2, 0.25) is 0 Å². The summed E-state index contributed by atoms with van der Waals surface area (Å²) in [4.78, 5) is 11.0. The van der Waals surface area contributed by atoms with E-state index in [4.69, 9.17) is 5.11 Å². The Morgan fingerprint density at radius 2 is 1.94 bits per heavy atom. The van der Waals surface area contributed by atoms with Gasteiger partial charge in [-0.3, -0.25) is 4.79 Å². The van der Waals surface area contributed by atoms with Crippen molar-refractivity contribution in [3.05, 3.63) is 0 Å². The second kappa shape index (κ2) is 5.66. The Morgan fingerprint density at radius 1 is 1.28 bits per heavy atom. The Morgan fingerprint density at radius 3 is 2.44 bits per heavy atom. The van der Waals surface area contributed by atoms with Crippen LogP contribution >= 0.6 is 21.8 Å². The van der Waals surface area contributed by atoms with Crippen LogP contribution in [-0.2, 0) is 4.79 Å². The van der Waals surface area contributed by atoms with Crippen LogP contribution in [0, 0.1) is 5.92 Å². The summed E-state index contributed by atoms with van der Waals surface area (Å²) in [6.45, 7) is 0. The molecule has 0 aromatic rings. The Hall–Kier alpha value is -1.15. The number of aliphatic carboxylic acids is 1.